The van der Waals surface area contributed by atoms with Crippen LogP contribution in [-0.4, -0.2) is 52.7 Å². The highest BCUT2D eigenvalue weighted by atomic mass is 32.1. The molecule has 3 aromatic rings. The highest BCUT2D eigenvalue weighted by molar-refractivity contribution is 7.09. The van der Waals surface area contributed by atoms with Crippen molar-refractivity contribution in [1.29, 1.82) is 0 Å². The first kappa shape index (κ1) is 26.0. The Bertz CT molecular complexity index is 1100. The van der Waals surface area contributed by atoms with Gasteiger partial charge in [-0.2, -0.15) is 0 Å². The van der Waals surface area contributed by atoms with Crippen molar-refractivity contribution in [1.82, 2.24) is 14.8 Å². The summed E-state index contributed by atoms with van der Waals surface area (Å²) in [6, 6.07) is 12.3. The second kappa shape index (κ2) is 12.8. The Labute approximate surface area is 210 Å². The van der Waals surface area contributed by atoms with Crippen molar-refractivity contribution in [2.75, 3.05) is 26.0 Å². The van der Waals surface area contributed by atoms with E-state index in [0.717, 1.165) is 29.7 Å². The summed E-state index contributed by atoms with van der Waals surface area (Å²) in [6.07, 6.45) is 4.55. The maximum Gasteiger partial charge on any atom is 0.415 e. The molecule has 8 nitrogen and oxygen atoms in total. The van der Waals surface area contributed by atoms with Crippen LogP contribution in [0.1, 0.15) is 42.2 Å². The minimum atomic E-state index is -0.522. The molecule has 0 atom stereocenters. The van der Waals surface area contributed by atoms with Gasteiger partial charge in [0.15, 0.2) is 5.75 Å². The van der Waals surface area contributed by atoms with E-state index < -0.39 is 12.1 Å². The lowest BCUT2D eigenvalue weighted by Crippen LogP contribution is -2.34. The molecule has 186 valence electrons. The van der Waals surface area contributed by atoms with Crippen LogP contribution in [0, 0.1) is 0 Å². The molecule has 1 heterocycles. The van der Waals surface area contributed by atoms with Crippen LogP contribution in [0.2, 0.25) is 0 Å². The quantitative estimate of drug-likeness (QED) is 0.350. The molecular formula is C26H32N4O4S. The minimum Gasteiger partial charge on any atom is -0.508 e. The third-order valence-corrected chi connectivity index (χ3v) is 6.15. The molecule has 0 spiro atoms. The summed E-state index contributed by atoms with van der Waals surface area (Å²) in [5.41, 5.74) is 3.53. The highest BCUT2D eigenvalue weighted by Crippen LogP contribution is 2.34. The van der Waals surface area contributed by atoms with E-state index in [4.69, 9.17) is 4.74 Å². The number of anilines is 1. The van der Waals surface area contributed by atoms with Crippen LogP contribution in [0.3, 0.4) is 0 Å². The number of carbonyl (C=O) groups is 2. The molecule has 3 amide bonds. The summed E-state index contributed by atoms with van der Waals surface area (Å²) in [5, 5.41) is 13.4. The lowest BCUT2D eigenvalue weighted by molar-refractivity contribution is 0.149. The number of aromatic hydroxyl groups is 1. The molecule has 0 saturated carbocycles. The summed E-state index contributed by atoms with van der Waals surface area (Å²) >= 11 is 1.48. The summed E-state index contributed by atoms with van der Waals surface area (Å²) in [7, 11) is 3.21. The number of nitrogens with zero attached hydrogens (tertiary/aromatic N) is 3. The molecule has 35 heavy (non-hydrogen) atoms. The fourth-order valence-electron chi connectivity index (χ4n) is 3.43. The molecule has 0 bridgehead atoms. The number of ether oxygens (including phenoxy) is 1. The number of thiazole rings is 1. The Morgan fingerprint density at radius 3 is 2.57 bits per heavy atom. The number of amides is 3. The van der Waals surface area contributed by atoms with E-state index in [1.807, 2.05) is 30.3 Å². The Morgan fingerprint density at radius 2 is 1.91 bits per heavy atom. The first-order valence-corrected chi connectivity index (χ1v) is 12.5. The van der Waals surface area contributed by atoms with Gasteiger partial charge in [-0.05, 0) is 18.1 Å². The number of nitrogens with one attached hydrogen (secondary N) is 1. The maximum atomic E-state index is 13.3. The fraction of sp³-hybridized carbons (Fsp3) is 0.346. The van der Waals surface area contributed by atoms with Crippen LogP contribution >= 0.6 is 11.3 Å². The SMILES string of the molecule is CCCCCN(Cc1cncs1)C(=O)Oc1cc(Cc2ccccc2)c(O)cc1NC(=O)N(C)C. The first-order chi connectivity index (χ1) is 16.9. The van der Waals surface area contributed by atoms with Gasteiger partial charge in [-0.15, -0.1) is 11.3 Å². The van der Waals surface area contributed by atoms with Crippen molar-refractivity contribution >= 4 is 29.1 Å². The van der Waals surface area contributed by atoms with Crippen molar-refractivity contribution in [3.8, 4) is 11.5 Å². The van der Waals surface area contributed by atoms with Crippen LogP contribution in [0.5, 0.6) is 11.5 Å². The Hall–Kier alpha value is -3.59. The number of hydrogen-bond donors (Lipinski definition) is 2. The number of unbranched alkanes of at least 4 members (excludes halogenated alkanes) is 2. The zero-order valence-electron chi connectivity index (χ0n) is 20.4. The predicted octanol–water partition coefficient (Wildman–Crippen LogP) is 5.72. The molecule has 0 aliphatic heterocycles. The molecule has 2 aromatic carbocycles. The molecule has 0 aliphatic rings. The Kier molecular flexibility index (Phi) is 9.48. The average molecular weight is 497 g/mol. The molecular weight excluding hydrogens is 464 g/mol. The molecule has 0 unspecified atom stereocenters. The smallest absolute Gasteiger partial charge is 0.415 e. The molecule has 1 aromatic heterocycles. The summed E-state index contributed by atoms with van der Waals surface area (Å²) in [4.78, 5) is 33.7. The van der Waals surface area contributed by atoms with Crippen LogP contribution in [0.4, 0.5) is 15.3 Å². The van der Waals surface area contributed by atoms with E-state index in [1.54, 1.807) is 36.8 Å². The number of aromatic nitrogens is 1. The number of urea groups is 1. The lowest BCUT2D eigenvalue weighted by atomic mass is 10.0. The Balaban J connectivity index is 1.89. The number of phenolic OH excluding ortho intramolecular Hbond substituents is 1. The molecule has 3 rings (SSSR count). The van der Waals surface area contributed by atoms with Crippen LogP contribution < -0.4 is 10.1 Å². The zero-order valence-corrected chi connectivity index (χ0v) is 21.2. The van der Waals surface area contributed by atoms with E-state index in [0.29, 0.717) is 25.1 Å². The molecule has 0 fully saturated rings. The standard InChI is InChI=1S/C26H32N4O4S/c1-4-5-9-12-30(17-21-16-27-18-35-21)26(33)34-24-14-20(13-19-10-7-6-8-11-19)23(31)15-22(24)28-25(32)29(2)3/h6-8,10-11,14-16,18,31H,4-5,9,12-13,17H2,1-3H3,(H,28,32). The number of hydrogen-bond acceptors (Lipinski definition) is 6. The topological polar surface area (TPSA) is 95.0 Å². The molecule has 0 aliphatic carbocycles. The number of benzene rings is 2. The van der Waals surface area contributed by atoms with Crippen LogP contribution in [-0.2, 0) is 13.0 Å². The van der Waals surface area contributed by atoms with Gasteiger partial charge in [0.05, 0.1) is 17.7 Å². The van der Waals surface area contributed by atoms with Crippen molar-refractivity contribution in [2.45, 2.75) is 39.2 Å². The minimum absolute atomic E-state index is 0.00664. The highest BCUT2D eigenvalue weighted by Gasteiger charge is 2.21. The van der Waals surface area contributed by atoms with Crippen LogP contribution in [0.25, 0.3) is 0 Å². The van der Waals surface area contributed by atoms with Crippen LogP contribution in [0.15, 0.2) is 54.2 Å². The Morgan fingerprint density at radius 1 is 1.14 bits per heavy atom. The van der Waals surface area contributed by atoms with Gasteiger partial charge in [0, 0.05) is 49.8 Å². The van der Waals surface area contributed by atoms with E-state index >= 15 is 0 Å². The second-order valence-corrected chi connectivity index (χ2v) is 9.40. The fourth-order valence-corrected chi connectivity index (χ4v) is 4.04. The van der Waals surface area contributed by atoms with Crippen molar-refractivity contribution < 1.29 is 19.4 Å². The second-order valence-electron chi connectivity index (χ2n) is 8.43. The van der Waals surface area contributed by atoms with Crippen molar-refractivity contribution in [2.24, 2.45) is 0 Å². The molecule has 9 heteroatoms. The monoisotopic (exact) mass is 496 g/mol. The average Bonchev–Trinajstić information content (AvgIpc) is 3.35. The third kappa shape index (κ3) is 7.71. The maximum absolute atomic E-state index is 13.3. The van der Waals surface area contributed by atoms with Gasteiger partial charge < -0.3 is 25.0 Å². The first-order valence-electron chi connectivity index (χ1n) is 11.6. The zero-order chi connectivity index (χ0) is 25.2. The van der Waals surface area contributed by atoms with E-state index in [-0.39, 0.29) is 17.2 Å². The van der Waals surface area contributed by atoms with Gasteiger partial charge in [0.1, 0.15) is 5.75 Å². The summed E-state index contributed by atoms with van der Waals surface area (Å²) in [5.74, 6) is 0.186. The van der Waals surface area contributed by atoms with Gasteiger partial charge in [0.2, 0.25) is 0 Å². The largest absolute Gasteiger partial charge is 0.508 e. The van der Waals surface area contributed by atoms with E-state index in [1.165, 1.54) is 22.3 Å². The molecule has 2 N–H and O–H groups in total. The number of phenols is 1. The normalized spacial score (nSPS) is 10.6. The van der Waals surface area contributed by atoms with Crippen molar-refractivity contribution in [3.05, 3.63) is 70.2 Å². The van der Waals surface area contributed by atoms with E-state index in [2.05, 4.69) is 17.2 Å². The number of carbonyl (C=O) groups excluding carboxylic acids is 2. The van der Waals surface area contributed by atoms with E-state index in [9.17, 15) is 14.7 Å². The molecule has 0 radical (unpaired) electrons. The summed E-state index contributed by atoms with van der Waals surface area (Å²) < 4.78 is 5.83. The van der Waals surface area contributed by atoms with Gasteiger partial charge in [-0.25, -0.2) is 9.59 Å². The third-order valence-electron chi connectivity index (χ3n) is 5.38. The summed E-state index contributed by atoms with van der Waals surface area (Å²) in [6.45, 7) is 3.04. The predicted molar refractivity (Wildman–Crippen MR) is 138 cm³/mol. The lowest BCUT2D eigenvalue weighted by Gasteiger charge is -2.23. The van der Waals surface area contributed by atoms with Crippen molar-refractivity contribution in [3.63, 3.8) is 0 Å². The number of rotatable bonds is 10. The van der Waals surface area contributed by atoms with Gasteiger partial charge in [-0.3, -0.25) is 4.98 Å². The molecule has 0 saturated heterocycles. The van der Waals surface area contributed by atoms with Gasteiger partial charge in [-0.1, -0.05) is 50.1 Å². The van der Waals surface area contributed by atoms with Gasteiger partial charge in [0.25, 0.3) is 0 Å². The van der Waals surface area contributed by atoms with Gasteiger partial charge >= 0.3 is 12.1 Å².